The third-order valence-corrected chi connectivity index (χ3v) is 3.74. The Kier molecular flexibility index (Phi) is 3.30. The van der Waals surface area contributed by atoms with Crippen molar-refractivity contribution in [2.45, 2.75) is 25.1 Å². The van der Waals surface area contributed by atoms with Crippen LogP contribution in [0.1, 0.15) is 12.0 Å². The van der Waals surface area contributed by atoms with E-state index in [0.717, 1.165) is 18.7 Å². The minimum absolute atomic E-state index is 0.119. The number of esters is 1. The highest BCUT2D eigenvalue weighted by molar-refractivity contribution is 5.71. The summed E-state index contributed by atoms with van der Waals surface area (Å²) in [6.07, 6.45) is 1.17. The number of rotatable bonds is 4. The first-order chi connectivity index (χ1) is 8.81. The predicted octanol–water partition coefficient (Wildman–Crippen LogP) is 0.776. The van der Waals surface area contributed by atoms with Gasteiger partial charge in [0.25, 0.3) is 0 Å². The van der Waals surface area contributed by atoms with Gasteiger partial charge in [0.2, 0.25) is 0 Å². The molecule has 2 aliphatic rings. The molecule has 2 fully saturated rings. The fourth-order valence-electron chi connectivity index (χ4n) is 2.79. The summed E-state index contributed by atoms with van der Waals surface area (Å²) < 4.78 is 5.30. The number of carbonyl (C=O) groups is 1. The van der Waals surface area contributed by atoms with Crippen LogP contribution < -0.4 is 5.32 Å². The van der Waals surface area contributed by atoms with Crippen molar-refractivity contribution < 1.29 is 9.53 Å². The summed E-state index contributed by atoms with van der Waals surface area (Å²) in [4.78, 5) is 14.0. The van der Waals surface area contributed by atoms with Crippen LogP contribution in [-0.2, 0) is 16.1 Å². The van der Waals surface area contributed by atoms with Gasteiger partial charge < -0.3 is 10.1 Å². The number of fused-ring (bicyclic) bond motifs is 2. The first-order valence-corrected chi connectivity index (χ1v) is 6.48. The Labute approximate surface area is 107 Å². The summed E-state index contributed by atoms with van der Waals surface area (Å²) in [5.74, 6) is -0.119. The SMILES string of the molecule is O=C(CN1CC2CC1CN2)OCc1ccccc1. The van der Waals surface area contributed by atoms with Gasteiger partial charge in [0.1, 0.15) is 6.61 Å². The van der Waals surface area contributed by atoms with E-state index in [9.17, 15) is 4.79 Å². The molecule has 18 heavy (non-hydrogen) atoms. The Morgan fingerprint density at radius 1 is 1.39 bits per heavy atom. The van der Waals surface area contributed by atoms with E-state index in [4.69, 9.17) is 4.74 Å². The molecular formula is C14H18N2O2. The molecule has 0 amide bonds. The van der Waals surface area contributed by atoms with Crippen LogP contribution in [0, 0.1) is 0 Å². The maximum atomic E-state index is 11.8. The Bertz CT molecular complexity index is 421. The predicted molar refractivity (Wildman–Crippen MR) is 68.0 cm³/mol. The van der Waals surface area contributed by atoms with Crippen molar-refractivity contribution in [1.29, 1.82) is 0 Å². The minimum Gasteiger partial charge on any atom is -0.460 e. The van der Waals surface area contributed by atoms with E-state index in [1.165, 1.54) is 6.42 Å². The Morgan fingerprint density at radius 3 is 2.89 bits per heavy atom. The van der Waals surface area contributed by atoms with Crippen molar-refractivity contribution in [3.63, 3.8) is 0 Å². The molecular weight excluding hydrogens is 228 g/mol. The fraction of sp³-hybridized carbons (Fsp3) is 0.500. The molecule has 3 rings (SSSR count). The summed E-state index contributed by atoms with van der Waals surface area (Å²) in [6.45, 7) is 2.79. The molecule has 2 saturated heterocycles. The van der Waals surface area contributed by atoms with Gasteiger partial charge in [0, 0.05) is 25.2 Å². The lowest BCUT2D eigenvalue weighted by Gasteiger charge is -2.25. The molecule has 1 aromatic carbocycles. The van der Waals surface area contributed by atoms with Crippen LogP contribution in [-0.4, -0.2) is 42.6 Å². The fourth-order valence-corrected chi connectivity index (χ4v) is 2.79. The molecule has 2 atom stereocenters. The van der Waals surface area contributed by atoms with Gasteiger partial charge in [-0.3, -0.25) is 9.69 Å². The van der Waals surface area contributed by atoms with Crippen LogP contribution in [0.15, 0.2) is 30.3 Å². The summed E-state index contributed by atoms with van der Waals surface area (Å²) >= 11 is 0. The van der Waals surface area contributed by atoms with Crippen molar-refractivity contribution >= 4 is 5.97 Å². The second-order valence-electron chi connectivity index (χ2n) is 5.07. The molecule has 2 heterocycles. The highest BCUT2D eigenvalue weighted by Gasteiger charge is 2.38. The van der Waals surface area contributed by atoms with Crippen LogP contribution in [0.4, 0.5) is 0 Å². The average Bonchev–Trinajstić information content (AvgIpc) is 3.00. The largest absolute Gasteiger partial charge is 0.460 e. The van der Waals surface area contributed by atoms with Crippen molar-refractivity contribution in [3.05, 3.63) is 35.9 Å². The lowest BCUT2D eigenvalue weighted by Crippen LogP contribution is -2.45. The number of ether oxygens (including phenoxy) is 1. The monoisotopic (exact) mass is 246 g/mol. The first-order valence-electron chi connectivity index (χ1n) is 6.48. The second kappa shape index (κ2) is 5.08. The number of piperazine rings is 1. The summed E-state index contributed by atoms with van der Waals surface area (Å²) in [7, 11) is 0. The number of hydrogen-bond acceptors (Lipinski definition) is 4. The molecule has 0 aliphatic carbocycles. The van der Waals surface area contributed by atoms with E-state index in [0.29, 0.717) is 25.2 Å². The highest BCUT2D eigenvalue weighted by atomic mass is 16.5. The van der Waals surface area contributed by atoms with E-state index in [1.807, 2.05) is 30.3 Å². The quantitative estimate of drug-likeness (QED) is 0.797. The lowest BCUT2D eigenvalue weighted by molar-refractivity contribution is -0.146. The maximum absolute atomic E-state index is 11.8. The molecule has 0 aromatic heterocycles. The standard InChI is InChI=1S/C14H18N2O2/c17-14(18-10-11-4-2-1-3-5-11)9-16-8-12-6-13(16)7-15-12/h1-5,12-13,15H,6-10H2. The number of likely N-dealkylation sites (tertiary alicyclic amines) is 1. The van der Waals surface area contributed by atoms with Crippen LogP contribution >= 0.6 is 0 Å². The Morgan fingerprint density at radius 2 is 2.22 bits per heavy atom. The third kappa shape index (κ3) is 2.54. The van der Waals surface area contributed by atoms with E-state index in [2.05, 4.69) is 10.2 Å². The van der Waals surface area contributed by atoms with Gasteiger partial charge in [-0.25, -0.2) is 0 Å². The molecule has 2 unspecified atom stereocenters. The van der Waals surface area contributed by atoms with Gasteiger partial charge in [-0.2, -0.15) is 0 Å². The molecule has 0 spiro atoms. The van der Waals surface area contributed by atoms with E-state index >= 15 is 0 Å². The van der Waals surface area contributed by atoms with Crippen molar-refractivity contribution in [2.75, 3.05) is 19.6 Å². The van der Waals surface area contributed by atoms with Gasteiger partial charge in [-0.05, 0) is 12.0 Å². The normalized spacial score (nSPS) is 26.4. The molecule has 1 aromatic rings. The second-order valence-corrected chi connectivity index (χ2v) is 5.07. The number of nitrogens with one attached hydrogen (secondary N) is 1. The van der Waals surface area contributed by atoms with Crippen LogP contribution in [0.2, 0.25) is 0 Å². The van der Waals surface area contributed by atoms with Crippen molar-refractivity contribution in [1.82, 2.24) is 10.2 Å². The number of hydrogen-bond donors (Lipinski definition) is 1. The van der Waals surface area contributed by atoms with Crippen LogP contribution in [0.25, 0.3) is 0 Å². The molecule has 1 N–H and O–H groups in total. The molecule has 4 heteroatoms. The van der Waals surface area contributed by atoms with E-state index in [1.54, 1.807) is 0 Å². The number of benzene rings is 1. The maximum Gasteiger partial charge on any atom is 0.320 e. The highest BCUT2D eigenvalue weighted by Crippen LogP contribution is 2.22. The van der Waals surface area contributed by atoms with Crippen LogP contribution in [0.3, 0.4) is 0 Å². The number of carbonyl (C=O) groups excluding carboxylic acids is 1. The van der Waals surface area contributed by atoms with Crippen molar-refractivity contribution in [3.8, 4) is 0 Å². The number of nitrogens with zero attached hydrogens (tertiary/aromatic N) is 1. The molecule has 2 bridgehead atoms. The zero-order chi connectivity index (χ0) is 12.4. The first kappa shape index (κ1) is 11.7. The van der Waals surface area contributed by atoms with Gasteiger partial charge in [0.05, 0.1) is 6.54 Å². The molecule has 2 aliphatic heterocycles. The van der Waals surface area contributed by atoms with Gasteiger partial charge >= 0.3 is 5.97 Å². The zero-order valence-electron chi connectivity index (χ0n) is 10.3. The van der Waals surface area contributed by atoms with Crippen LogP contribution in [0.5, 0.6) is 0 Å². The summed E-state index contributed by atoms with van der Waals surface area (Å²) in [6, 6.07) is 10.9. The summed E-state index contributed by atoms with van der Waals surface area (Å²) in [5.41, 5.74) is 1.04. The van der Waals surface area contributed by atoms with E-state index < -0.39 is 0 Å². The minimum atomic E-state index is -0.119. The Balaban J connectivity index is 1.45. The molecule has 0 saturated carbocycles. The van der Waals surface area contributed by atoms with Gasteiger partial charge in [-0.15, -0.1) is 0 Å². The van der Waals surface area contributed by atoms with Gasteiger partial charge in [0.15, 0.2) is 0 Å². The Hall–Kier alpha value is -1.39. The topological polar surface area (TPSA) is 41.6 Å². The lowest BCUT2D eigenvalue weighted by atomic mass is 10.2. The van der Waals surface area contributed by atoms with E-state index in [-0.39, 0.29) is 5.97 Å². The molecule has 4 nitrogen and oxygen atoms in total. The zero-order valence-corrected chi connectivity index (χ0v) is 10.3. The van der Waals surface area contributed by atoms with Crippen molar-refractivity contribution in [2.24, 2.45) is 0 Å². The molecule has 0 radical (unpaired) electrons. The smallest absolute Gasteiger partial charge is 0.320 e. The average molecular weight is 246 g/mol. The summed E-state index contributed by atoms with van der Waals surface area (Å²) in [5, 5.41) is 3.42. The molecule has 96 valence electrons. The van der Waals surface area contributed by atoms with Gasteiger partial charge in [-0.1, -0.05) is 30.3 Å². The third-order valence-electron chi connectivity index (χ3n) is 3.74.